The fourth-order valence-electron chi connectivity index (χ4n) is 1.65. The molecule has 0 amide bonds. The first-order valence-corrected chi connectivity index (χ1v) is 5.43. The molecular formula is C15H11N3. The Morgan fingerprint density at radius 3 is 1.33 bits per heavy atom. The maximum Gasteiger partial charge on any atom is 0.187 e. The Balaban J connectivity index is 2.27. The van der Waals surface area contributed by atoms with Crippen LogP contribution in [0.2, 0.25) is 0 Å². The van der Waals surface area contributed by atoms with Crippen LogP contribution in [0.1, 0.15) is 0 Å². The largest absolute Gasteiger partial charge is 0.345 e. The van der Waals surface area contributed by atoms with Gasteiger partial charge in [0, 0.05) is 18.4 Å². The predicted octanol–water partition coefficient (Wildman–Crippen LogP) is 4.56. The zero-order valence-corrected chi connectivity index (χ0v) is 9.96. The van der Waals surface area contributed by atoms with Crippen LogP contribution in [0.3, 0.4) is 0 Å². The summed E-state index contributed by atoms with van der Waals surface area (Å²) < 4.78 is 0. The zero-order valence-electron chi connectivity index (χ0n) is 9.96. The lowest BCUT2D eigenvalue weighted by Gasteiger charge is -2.19. The van der Waals surface area contributed by atoms with Gasteiger partial charge < -0.3 is 4.90 Å². The van der Waals surface area contributed by atoms with E-state index >= 15 is 0 Å². The summed E-state index contributed by atoms with van der Waals surface area (Å²) in [6.07, 6.45) is 0. The molecule has 0 heterocycles. The standard InChI is InChI=1S/C15H11N3/c1-16-12-4-8-14(9-5-12)18(3)15-10-6-13(17-2)7-11-15/h4-11H,3H3. The summed E-state index contributed by atoms with van der Waals surface area (Å²) in [5.74, 6) is 0. The van der Waals surface area contributed by atoms with Gasteiger partial charge in [0.2, 0.25) is 0 Å². The van der Waals surface area contributed by atoms with Crippen LogP contribution >= 0.6 is 0 Å². The van der Waals surface area contributed by atoms with Crippen molar-refractivity contribution in [3.63, 3.8) is 0 Å². The van der Waals surface area contributed by atoms with Gasteiger partial charge in [0.15, 0.2) is 11.4 Å². The van der Waals surface area contributed by atoms with Crippen molar-refractivity contribution >= 4 is 22.7 Å². The quantitative estimate of drug-likeness (QED) is 0.692. The molecule has 0 unspecified atom stereocenters. The average molecular weight is 233 g/mol. The van der Waals surface area contributed by atoms with Crippen molar-refractivity contribution in [3.8, 4) is 0 Å². The van der Waals surface area contributed by atoms with Gasteiger partial charge in [-0.3, -0.25) is 0 Å². The molecule has 86 valence electrons. The van der Waals surface area contributed by atoms with E-state index in [1.165, 1.54) is 0 Å². The van der Waals surface area contributed by atoms with E-state index in [2.05, 4.69) is 9.69 Å². The van der Waals surface area contributed by atoms with Crippen molar-refractivity contribution in [2.75, 3.05) is 11.9 Å². The van der Waals surface area contributed by atoms with E-state index in [4.69, 9.17) is 13.1 Å². The first-order valence-electron chi connectivity index (χ1n) is 5.43. The van der Waals surface area contributed by atoms with E-state index in [-0.39, 0.29) is 0 Å². The molecule has 0 fully saturated rings. The zero-order chi connectivity index (χ0) is 13.0. The highest BCUT2D eigenvalue weighted by molar-refractivity contribution is 5.66. The Labute approximate surface area is 107 Å². The van der Waals surface area contributed by atoms with Crippen LogP contribution < -0.4 is 4.90 Å². The van der Waals surface area contributed by atoms with Crippen molar-refractivity contribution in [2.24, 2.45) is 0 Å². The summed E-state index contributed by atoms with van der Waals surface area (Å²) in [7, 11) is 1.96. The highest BCUT2D eigenvalue weighted by atomic mass is 15.1. The van der Waals surface area contributed by atoms with Crippen LogP contribution in [0.25, 0.3) is 9.69 Å². The Hall–Kier alpha value is -2.78. The molecule has 3 nitrogen and oxygen atoms in total. The molecule has 18 heavy (non-hydrogen) atoms. The molecule has 3 heteroatoms. The van der Waals surface area contributed by atoms with Gasteiger partial charge in [-0.2, -0.15) is 0 Å². The van der Waals surface area contributed by atoms with Crippen LogP contribution in [-0.4, -0.2) is 7.05 Å². The lowest BCUT2D eigenvalue weighted by atomic mass is 10.2. The maximum absolute atomic E-state index is 6.91. The fourth-order valence-corrected chi connectivity index (χ4v) is 1.65. The molecule has 0 saturated carbocycles. The molecule has 0 radical (unpaired) electrons. The van der Waals surface area contributed by atoms with E-state index < -0.39 is 0 Å². The monoisotopic (exact) mass is 233 g/mol. The molecule has 0 aromatic heterocycles. The smallest absolute Gasteiger partial charge is 0.187 e. The predicted molar refractivity (Wildman–Crippen MR) is 73.5 cm³/mol. The van der Waals surface area contributed by atoms with Crippen LogP contribution in [0.15, 0.2) is 48.5 Å². The second kappa shape index (κ2) is 5.03. The second-order valence-electron chi connectivity index (χ2n) is 3.82. The van der Waals surface area contributed by atoms with Gasteiger partial charge in [-0.15, -0.1) is 0 Å². The summed E-state index contributed by atoms with van der Waals surface area (Å²) in [6, 6.07) is 14.8. The summed E-state index contributed by atoms with van der Waals surface area (Å²) in [6.45, 7) is 13.8. The molecule has 2 rings (SSSR count). The number of nitrogens with zero attached hydrogens (tertiary/aromatic N) is 3. The van der Waals surface area contributed by atoms with Gasteiger partial charge in [-0.1, -0.05) is 24.3 Å². The number of benzene rings is 2. The molecule has 0 atom stereocenters. The first kappa shape index (κ1) is 11.7. The molecule has 0 N–H and O–H groups in total. The SMILES string of the molecule is [C-]#[N+]c1ccc(N(C)c2ccc([N+]#[C-])cc2)cc1. The van der Waals surface area contributed by atoms with Crippen molar-refractivity contribution in [1.29, 1.82) is 0 Å². The fraction of sp³-hybridized carbons (Fsp3) is 0.0667. The molecule has 0 aliphatic carbocycles. The highest BCUT2D eigenvalue weighted by Gasteiger charge is 2.03. The lowest BCUT2D eigenvalue weighted by molar-refractivity contribution is 1.21. The van der Waals surface area contributed by atoms with Crippen molar-refractivity contribution in [1.82, 2.24) is 0 Å². The number of hydrogen-bond donors (Lipinski definition) is 0. The number of hydrogen-bond acceptors (Lipinski definition) is 1. The third-order valence-corrected chi connectivity index (χ3v) is 2.73. The molecule has 2 aromatic carbocycles. The topological polar surface area (TPSA) is 12.0 Å². The summed E-state index contributed by atoms with van der Waals surface area (Å²) >= 11 is 0. The molecule has 0 spiro atoms. The Kier molecular flexibility index (Phi) is 3.27. The highest BCUT2D eigenvalue weighted by Crippen LogP contribution is 2.27. The van der Waals surface area contributed by atoms with Gasteiger partial charge in [0.25, 0.3) is 0 Å². The van der Waals surface area contributed by atoms with Gasteiger partial charge in [0.1, 0.15) is 0 Å². The third kappa shape index (κ3) is 2.31. The molecule has 0 aliphatic heterocycles. The molecule has 0 aliphatic rings. The van der Waals surface area contributed by atoms with Gasteiger partial charge in [0.05, 0.1) is 13.1 Å². The molecule has 0 bridgehead atoms. The minimum Gasteiger partial charge on any atom is -0.345 e. The Morgan fingerprint density at radius 2 is 1.06 bits per heavy atom. The normalized spacial score (nSPS) is 9.28. The minimum absolute atomic E-state index is 0.635. The Bertz CT molecular complexity index is 555. The van der Waals surface area contributed by atoms with Crippen LogP contribution in [-0.2, 0) is 0 Å². The van der Waals surface area contributed by atoms with Crippen molar-refractivity contribution in [2.45, 2.75) is 0 Å². The summed E-state index contributed by atoms with van der Waals surface area (Å²) in [5, 5.41) is 0. The molecular weight excluding hydrogens is 222 g/mol. The van der Waals surface area contributed by atoms with Gasteiger partial charge in [-0.25, -0.2) is 9.69 Å². The second-order valence-corrected chi connectivity index (χ2v) is 3.82. The molecule has 0 saturated heterocycles. The molecule has 2 aromatic rings. The summed E-state index contributed by atoms with van der Waals surface area (Å²) in [4.78, 5) is 8.74. The first-order chi connectivity index (χ1) is 8.74. The van der Waals surface area contributed by atoms with E-state index in [1.807, 2.05) is 36.2 Å². The van der Waals surface area contributed by atoms with E-state index in [9.17, 15) is 0 Å². The van der Waals surface area contributed by atoms with E-state index in [0.717, 1.165) is 11.4 Å². The van der Waals surface area contributed by atoms with Crippen LogP contribution in [0.5, 0.6) is 0 Å². The van der Waals surface area contributed by atoms with Gasteiger partial charge in [-0.05, 0) is 24.3 Å². The van der Waals surface area contributed by atoms with Gasteiger partial charge >= 0.3 is 0 Å². The van der Waals surface area contributed by atoms with E-state index in [1.54, 1.807) is 24.3 Å². The van der Waals surface area contributed by atoms with Crippen molar-refractivity contribution in [3.05, 3.63) is 71.4 Å². The third-order valence-electron chi connectivity index (χ3n) is 2.73. The lowest BCUT2D eigenvalue weighted by Crippen LogP contribution is -2.08. The number of anilines is 2. The van der Waals surface area contributed by atoms with E-state index in [0.29, 0.717) is 11.4 Å². The Morgan fingerprint density at radius 1 is 0.722 bits per heavy atom. The van der Waals surface area contributed by atoms with Crippen LogP contribution in [0.4, 0.5) is 22.7 Å². The van der Waals surface area contributed by atoms with Crippen LogP contribution in [0, 0.1) is 13.1 Å². The maximum atomic E-state index is 6.91. The number of rotatable bonds is 2. The summed E-state index contributed by atoms with van der Waals surface area (Å²) in [5.41, 5.74) is 3.29. The minimum atomic E-state index is 0.635. The van der Waals surface area contributed by atoms with Crippen molar-refractivity contribution < 1.29 is 0 Å². The average Bonchev–Trinajstić information content (AvgIpc) is 2.47.